The molecule has 3 nitrogen and oxygen atoms in total. The summed E-state index contributed by atoms with van der Waals surface area (Å²) >= 11 is 0. The maximum atomic E-state index is 12.1. The second-order valence-electron chi connectivity index (χ2n) is 6.59. The highest BCUT2D eigenvalue weighted by molar-refractivity contribution is 5.76. The molecule has 120 valence electrons. The third-order valence-corrected chi connectivity index (χ3v) is 4.95. The Labute approximate surface area is 125 Å². The molecule has 0 aromatic rings. The van der Waals surface area contributed by atoms with Crippen molar-refractivity contribution in [1.29, 1.82) is 0 Å². The van der Waals surface area contributed by atoms with E-state index in [1.807, 2.05) is 13.8 Å². The van der Waals surface area contributed by atoms with E-state index in [9.17, 15) is 4.79 Å². The molecule has 0 bridgehead atoms. The van der Waals surface area contributed by atoms with Gasteiger partial charge in [0.25, 0.3) is 0 Å². The minimum Gasteiger partial charge on any atom is -0.300 e. The SMILES string of the molecule is CCCCC(CCCC)(CCCC)C(C)(C)C(=O)OO. The number of carbonyl (C=O) groups excluding carboxylic acids is 1. The van der Waals surface area contributed by atoms with Crippen molar-refractivity contribution in [3.8, 4) is 0 Å². The monoisotopic (exact) mass is 286 g/mol. The largest absolute Gasteiger partial charge is 0.348 e. The van der Waals surface area contributed by atoms with Gasteiger partial charge in [-0.3, -0.25) is 0 Å². The van der Waals surface area contributed by atoms with Crippen LogP contribution < -0.4 is 0 Å². The first-order valence-corrected chi connectivity index (χ1v) is 8.27. The summed E-state index contributed by atoms with van der Waals surface area (Å²) in [6.45, 7) is 10.4. The molecule has 0 aromatic heterocycles. The molecule has 0 spiro atoms. The van der Waals surface area contributed by atoms with Crippen molar-refractivity contribution in [2.75, 3.05) is 0 Å². The fourth-order valence-corrected chi connectivity index (χ4v) is 3.19. The van der Waals surface area contributed by atoms with Crippen molar-refractivity contribution in [3.05, 3.63) is 0 Å². The van der Waals surface area contributed by atoms with E-state index >= 15 is 0 Å². The Bertz CT molecular complexity index is 250. The molecule has 0 amide bonds. The molecular weight excluding hydrogens is 252 g/mol. The molecule has 0 saturated carbocycles. The van der Waals surface area contributed by atoms with E-state index in [0.717, 1.165) is 57.8 Å². The molecule has 0 radical (unpaired) electrons. The fraction of sp³-hybridized carbons (Fsp3) is 0.941. The molecule has 20 heavy (non-hydrogen) atoms. The maximum Gasteiger partial charge on any atom is 0.348 e. The molecule has 0 aliphatic heterocycles. The second kappa shape index (κ2) is 9.38. The predicted molar refractivity (Wildman–Crippen MR) is 83.5 cm³/mol. The van der Waals surface area contributed by atoms with E-state index in [-0.39, 0.29) is 5.41 Å². The van der Waals surface area contributed by atoms with Gasteiger partial charge in [-0.05, 0) is 38.5 Å². The van der Waals surface area contributed by atoms with Gasteiger partial charge >= 0.3 is 5.97 Å². The van der Waals surface area contributed by atoms with E-state index in [1.54, 1.807) is 0 Å². The number of rotatable bonds is 11. The highest BCUT2D eigenvalue weighted by Gasteiger charge is 2.49. The van der Waals surface area contributed by atoms with Crippen molar-refractivity contribution >= 4 is 5.97 Å². The molecule has 0 unspecified atom stereocenters. The summed E-state index contributed by atoms with van der Waals surface area (Å²) in [5.41, 5.74) is -0.698. The van der Waals surface area contributed by atoms with Gasteiger partial charge in [-0.15, -0.1) is 0 Å². The van der Waals surface area contributed by atoms with E-state index in [1.165, 1.54) is 0 Å². The zero-order chi connectivity index (χ0) is 15.6. The van der Waals surface area contributed by atoms with Crippen molar-refractivity contribution in [2.24, 2.45) is 10.8 Å². The molecule has 0 fully saturated rings. The van der Waals surface area contributed by atoms with Gasteiger partial charge in [-0.25, -0.2) is 4.79 Å². The van der Waals surface area contributed by atoms with Crippen LogP contribution in [0, 0.1) is 10.8 Å². The number of hydrogen-bond donors (Lipinski definition) is 1. The molecule has 0 aromatic carbocycles. The van der Waals surface area contributed by atoms with Crippen LogP contribution in [-0.4, -0.2) is 11.2 Å². The van der Waals surface area contributed by atoms with Crippen molar-refractivity contribution in [1.82, 2.24) is 0 Å². The molecule has 0 rings (SSSR count). The summed E-state index contributed by atoms with van der Waals surface area (Å²) in [7, 11) is 0. The van der Waals surface area contributed by atoms with Gasteiger partial charge in [-0.2, -0.15) is 5.26 Å². The molecule has 3 heteroatoms. The highest BCUT2D eigenvalue weighted by Crippen LogP contribution is 2.51. The molecule has 0 heterocycles. The van der Waals surface area contributed by atoms with E-state index in [2.05, 4.69) is 25.7 Å². The van der Waals surface area contributed by atoms with Gasteiger partial charge in [-0.1, -0.05) is 59.3 Å². The third-order valence-electron chi connectivity index (χ3n) is 4.95. The standard InChI is InChI=1S/C17H34O3/c1-6-9-12-17(13-10-7-2,14-11-8-3)16(4,5)15(18)20-19/h19H,6-14H2,1-5H3. The quantitative estimate of drug-likeness (QED) is 0.398. The third kappa shape index (κ3) is 4.76. The normalized spacial score (nSPS) is 12.5. The maximum absolute atomic E-state index is 12.1. The smallest absolute Gasteiger partial charge is 0.300 e. The Morgan fingerprint density at radius 1 is 0.900 bits per heavy atom. The minimum atomic E-state index is -0.638. The lowest BCUT2D eigenvalue weighted by molar-refractivity contribution is -0.251. The van der Waals surface area contributed by atoms with Crippen molar-refractivity contribution in [3.63, 3.8) is 0 Å². The first kappa shape index (κ1) is 19.4. The van der Waals surface area contributed by atoms with Crippen LogP contribution in [0.2, 0.25) is 0 Å². The highest BCUT2D eigenvalue weighted by atomic mass is 17.1. The van der Waals surface area contributed by atoms with Crippen LogP contribution in [0.15, 0.2) is 0 Å². The van der Waals surface area contributed by atoms with Gasteiger partial charge in [0.1, 0.15) is 0 Å². The van der Waals surface area contributed by atoms with Crippen molar-refractivity contribution in [2.45, 2.75) is 92.4 Å². The zero-order valence-electron chi connectivity index (χ0n) is 14.1. The lowest BCUT2D eigenvalue weighted by Gasteiger charge is -2.45. The zero-order valence-corrected chi connectivity index (χ0v) is 14.1. The lowest BCUT2D eigenvalue weighted by atomic mass is 9.58. The average Bonchev–Trinajstić information content (AvgIpc) is 2.45. The van der Waals surface area contributed by atoms with Crippen LogP contribution in [0.5, 0.6) is 0 Å². The molecule has 0 saturated heterocycles. The van der Waals surface area contributed by atoms with Crippen LogP contribution in [0.1, 0.15) is 92.4 Å². The summed E-state index contributed by atoms with van der Waals surface area (Å²) in [6.07, 6.45) is 9.85. The average molecular weight is 286 g/mol. The molecule has 0 aliphatic carbocycles. The topological polar surface area (TPSA) is 46.5 Å². The Morgan fingerprint density at radius 3 is 1.50 bits per heavy atom. The van der Waals surface area contributed by atoms with Crippen LogP contribution in [0.25, 0.3) is 0 Å². The van der Waals surface area contributed by atoms with Gasteiger partial charge in [0, 0.05) is 0 Å². The Morgan fingerprint density at radius 2 is 1.25 bits per heavy atom. The first-order valence-electron chi connectivity index (χ1n) is 8.27. The van der Waals surface area contributed by atoms with Crippen LogP contribution in [0.3, 0.4) is 0 Å². The first-order chi connectivity index (χ1) is 9.41. The fourth-order valence-electron chi connectivity index (χ4n) is 3.19. The molecule has 0 aliphatic rings. The molecular formula is C17H34O3. The minimum absolute atomic E-state index is 0.0607. The van der Waals surface area contributed by atoms with Crippen molar-refractivity contribution < 1.29 is 14.9 Å². The predicted octanol–water partition coefficient (Wildman–Crippen LogP) is 5.59. The van der Waals surface area contributed by atoms with E-state index in [4.69, 9.17) is 5.26 Å². The molecule has 0 atom stereocenters. The van der Waals surface area contributed by atoms with Gasteiger partial charge in [0.05, 0.1) is 5.41 Å². The summed E-state index contributed by atoms with van der Waals surface area (Å²) in [5, 5.41) is 8.86. The van der Waals surface area contributed by atoms with Crippen LogP contribution >= 0.6 is 0 Å². The molecule has 1 N–H and O–H groups in total. The van der Waals surface area contributed by atoms with E-state index in [0.29, 0.717) is 0 Å². The Balaban J connectivity index is 5.36. The number of carbonyl (C=O) groups is 1. The summed E-state index contributed by atoms with van der Waals surface area (Å²) in [4.78, 5) is 16.2. The van der Waals surface area contributed by atoms with Gasteiger partial charge in [0.2, 0.25) is 0 Å². The number of hydrogen-bond acceptors (Lipinski definition) is 3. The van der Waals surface area contributed by atoms with Crippen LogP contribution in [-0.2, 0) is 9.68 Å². The van der Waals surface area contributed by atoms with E-state index < -0.39 is 11.4 Å². The van der Waals surface area contributed by atoms with Gasteiger partial charge in [0.15, 0.2) is 0 Å². The second-order valence-corrected chi connectivity index (χ2v) is 6.59. The number of unbranched alkanes of at least 4 members (excludes halogenated alkanes) is 3. The van der Waals surface area contributed by atoms with Crippen LogP contribution in [0.4, 0.5) is 0 Å². The Kier molecular flexibility index (Phi) is 9.11. The Hall–Kier alpha value is -0.570. The summed E-state index contributed by atoms with van der Waals surface area (Å²) in [6, 6.07) is 0. The van der Waals surface area contributed by atoms with Gasteiger partial charge < -0.3 is 4.89 Å². The summed E-state index contributed by atoms with van der Waals surface area (Å²) in [5.74, 6) is -0.485. The summed E-state index contributed by atoms with van der Waals surface area (Å²) < 4.78 is 0. The lowest BCUT2D eigenvalue weighted by Crippen LogP contribution is -2.44.